The zero-order chi connectivity index (χ0) is 10.7. The molecule has 84 valence electrons. The molecule has 0 amide bonds. The lowest BCUT2D eigenvalue weighted by Crippen LogP contribution is -2.50. The van der Waals surface area contributed by atoms with Crippen LogP contribution in [0.5, 0.6) is 0 Å². The maximum atomic E-state index is 5.17. The van der Waals surface area contributed by atoms with Crippen LogP contribution in [0.2, 0.25) is 0 Å². The summed E-state index contributed by atoms with van der Waals surface area (Å²) in [5.74, 6) is 1.69. The molecule has 0 bridgehead atoms. The third kappa shape index (κ3) is 2.30. The van der Waals surface area contributed by atoms with E-state index in [2.05, 4.69) is 22.3 Å². The molecule has 0 saturated carbocycles. The van der Waals surface area contributed by atoms with Crippen LogP contribution < -0.4 is 10.2 Å². The minimum Gasteiger partial charge on any atom is -0.377 e. The van der Waals surface area contributed by atoms with E-state index in [9.17, 15) is 0 Å². The number of piperazine rings is 1. The summed E-state index contributed by atoms with van der Waals surface area (Å²) in [6.45, 7) is 5.62. The Morgan fingerprint density at radius 3 is 3.33 bits per heavy atom. The predicted molar refractivity (Wildman–Crippen MR) is 56.9 cm³/mol. The van der Waals surface area contributed by atoms with Crippen LogP contribution in [0.1, 0.15) is 12.7 Å². The van der Waals surface area contributed by atoms with Gasteiger partial charge in [-0.1, -0.05) is 5.16 Å². The number of ether oxygens (including phenoxy) is 1. The fourth-order valence-electron chi connectivity index (χ4n) is 1.83. The number of hydrogen-bond acceptors (Lipinski definition) is 5. The van der Waals surface area contributed by atoms with E-state index in [-0.39, 0.29) is 0 Å². The summed E-state index contributed by atoms with van der Waals surface area (Å²) in [5.41, 5.74) is 0. The van der Waals surface area contributed by atoms with Crippen molar-refractivity contribution in [1.29, 1.82) is 0 Å². The molecule has 5 heteroatoms. The lowest BCUT2D eigenvalue weighted by atomic mass is 10.2. The molecule has 0 aliphatic carbocycles. The molecule has 0 spiro atoms. The summed E-state index contributed by atoms with van der Waals surface area (Å²) in [6.07, 6.45) is 0. The van der Waals surface area contributed by atoms with Gasteiger partial charge in [0.15, 0.2) is 11.6 Å². The Kier molecular flexibility index (Phi) is 3.23. The fourth-order valence-corrected chi connectivity index (χ4v) is 1.83. The topological polar surface area (TPSA) is 50.5 Å². The van der Waals surface area contributed by atoms with Crippen molar-refractivity contribution in [1.82, 2.24) is 10.5 Å². The third-order valence-electron chi connectivity index (χ3n) is 2.63. The molecule has 5 nitrogen and oxygen atoms in total. The van der Waals surface area contributed by atoms with Crippen molar-refractivity contribution in [3.05, 3.63) is 11.8 Å². The molecule has 1 aromatic rings. The average Bonchev–Trinajstić information content (AvgIpc) is 2.68. The molecule has 0 radical (unpaired) electrons. The van der Waals surface area contributed by atoms with Gasteiger partial charge in [0.05, 0.1) is 0 Å². The minimum absolute atomic E-state index is 0.458. The first-order valence-electron chi connectivity index (χ1n) is 5.23. The molecule has 1 aromatic heterocycles. The Hall–Kier alpha value is -1.07. The summed E-state index contributed by atoms with van der Waals surface area (Å²) in [4.78, 5) is 2.25. The van der Waals surface area contributed by atoms with Crippen molar-refractivity contribution < 1.29 is 9.26 Å². The molecule has 1 atom stereocenters. The highest BCUT2D eigenvalue weighted by Crippen LogP contribution is 2.18. The standard InChI is InChI=1S/C10H17N3O2/c1-8-6-11-3-4-13(8)10-5-9(7-14-2)15-12-10/h5,8,11H,3-4,6-7H2,1-2H3/t8-/m1/s1. The van der Waals surface area contributed by atoms with E-state index in [1.807, 2.05) is 6.07 Å². The van der Waals surface area contributed by atoms with Crippen LogP contribution in [0.3, 0.4) is 0 Å². The summed E-state index contributed by atoms with van der Waals surface area (Å²) in [5, 5.41) is 7.39. The molecule has 1 aliphatic rings. The van der Waals surface area contributed by atoms with Crippen molar-refractivity contribution in [2.75, 3.05) is 31.6 Å². The van der Waals surface area contributed by atoms with Crippen molar-refractivity contribution in [3.63, 3.8) is 0 Å². The average molecular weight is 211 g/mol. The molecule has 1 saturated heterocycles. The first kappa shape index (κ1) is 10.4. The van der Waals surface area contributed by atoms with E-state index in [0.717, 1.165) is 31.2 Å². The molecule has 2 rings (SSSR count). The highest BCUT2D eigenvalue weighted by atomic mass is 16.5. The second kappa shape index (κ2) is 4.63. The van der Waals surface area contributed by atoms with Gasteiger partial charge in [0, 0.05) is 38.9 Å². The van der Waals surface area contributed by atoms with E-state index < -0.39 is 0 Å². The number of nitrogens with one attached hydrogen (secondary N) is 1. The van der Waals surface area contributed by atoms with E-state index in [1.165, 1.54) is 0 Å². The molecular formula is C10H17N3O2. The Morgan fingerprint density at radius 2 is 2.60 bits per heavy atom. The number of hydrogen-bond donors (Lipinski definition) is 1. The van der Waals surface area contributed by atoms with Crippen LogP contribution >= 0.6 is 0 Å². The normalized spacial score (nSPS) is 22.0. The summed E-state index contributed by atoms with van der Waals surface area (Å²) >= 11 is 0. The van der Waals surface area contributed by atoms with Gasteiger partial charge in [-0.2, -0.15) is 0 Å². The minimum atomic E-state index is 0.458. The smallest absolute Gasteiger partial charge is 0.172 e. The van der Waals surface area contributed by atoms with Gasteiger partial charge in [-0.15, -0.1) is 0 Å². The van der Waals surface area contributed by atoms with Gasteiger partial charge >= 0.3 is 0 Å². The van der Waals surface area contributed by atoms with Crippen molar-refractivity contribution >= 4 is 5.82 Å². The van der Waals surface area contributed by atoms with Gasteiger partial charge in [0.2, 0.25) is 0 Å². The van der Waals surface area contributed by atoms with Gasteiger partial charge in [0.1, 0.15) is 6.61 Å². The predicted octanol–water partition coefficient (Wildman–Crippen LogP) is 0.619. The zero-order valence-electron chi connectivity index (χ0n) is 9.19. The van der Waals surface area contributed by atoms with E-state index in [0.29, 0.717) is 12.6 Å². The van der Waals surface area contributed by atoms with Gasteiger partial charge in [-0.25, -0.2) is 0 Å². The first-order chi connectivity index (χ1) is 7.31. The molecular weight excluding hydrogens is 194 g/mol. The second-order valence-corrected chi connectivity index (χ2v) is 3.83. The Labute approximate surface area is 89.4 Å². The van der Waals surface area contributed by atoms with Gasteiger partial charge in [0.25, 0.3) is 0 Å². The maximum absolute atomic E-state index is 5.17. The van der Waals surface area contributed by atoms with Crippen molar-refractivity contribution in [2.24, 2.45) is 0 Å². The van der Waals surface area contributed by atoms with Crippen molar-refractivity contribution in [2.45, 2.75) is 19.6 Å². The summed E-state index contributed by atoms with van der Waals surface area (Å²) in [7, 11) is 1.65. The van der Waals surface area contributed by atoms with Crippen LogP contribution in [0, 0.1) is 0 Å². The fraction of sp³-hybridized carbons (Fsp3) is 0.700. The zero-order valence-corrected chi connectivity index (χ0v) is 9.19. The maximum Gasteiger partial charge on any atom is 0.172 e. The first-order valence-corrected chi connectivity index (χ1v) is 5.23. The summed E-state index contributed by atoms with van der Waals surface area (Å²) < 4.78 is 10.2. The Balaban J connectivity index is 2.06. The Morgan fingerprint density at radius 1 is 1.73 bits per heavy atom. The lowest BCUT2D eigenvalue weighted by Gasteiger charge is -2.33. The molecule has 15 heavy (non-hydrogen) atoms. The van der Waals surface area contributed by atoms with Gasteiger partial charge < -0.3 is 19.5 Å². The molecule has 0 aromatic carbocycles. The highest BCUT2D eigenvalue weighted by molar-refractivity contribution is 5.40. The van der Waals surface area contributed by atoms with Crippen LogP contribution in [0.15, 0.2) is 10.6 Å². The van der Waals surface area contributed by atoms with Crippen LogP contribution in [0.25, 0.3) is 0 Å². The largest absolute Gasteiger partial charge is 0.377 e. The van der Waals surface area contributed by atoms with Gasteiger partial charge in [-0.05, 0) is 6.92 Å². The van der Waals surface area contributed by atoms with Crippen molar-refractivity contribution in [3.8, 4) is 0 Å². The highest BCUT2D eigenvalue weighted by Gasteiger charge is 2.21. The lowest BCUT2D eigenvalue weighted by molar-refractivity contribution is 0.156. The number of nitrogens with zero attached hydrogens (tertiary/aromatic N) is 2. The van der Waals surface area contributed by atoms with Crippen LogP contribution in [0.4, 0.5) is 5.82 Å². The molecule has 1 N–H and O–H groups in total. The molecule has 2 heterocycles. The molecule has 1 fully saturated rings. The number of methoxy groups -OCH3 is 1. The van der Waals surface area contributed by atoms with E-state index in [4.69, 9.17) is 9.26 Å². The SMILES string of the molecule is COCc1cc(N2CCNC[C@H]2C)no1. The van der Waals surface area contributed by atoms with Gasteiger partial charge in [-0.3, -0.25) is 0 Å². The quantitative estimate of drug-likeness (QED) is 0.794. The molecule has 0 unspecified atom stereocenters. The Bertz CT molecular complexity index is 313. The second-order valence-electron chi connectivity index (χ2n) is 3.83. The van der Waals surface area contributed by atoms with Crippen LogP contribution in [-0.4, -0.2) is 37.9 Å². The number of anilines is 1. The number of aromatic nitrogens is 1. The number of rotatable bonds is 3. The monoisotopic (exact) mass is 211 g/mol. The summed E-state index contributed by atoms with van der Waals surface area (Å²) in [6, 6.07) is 2.41. The van der Waals surface area contributed by atoms with Crippen LogP contribution in [-0.2, 0) is 11.3 Å². The third-order valence-corrected chi connectivity index (χ3v) is 2.63. The van der Waals surface area contributed by atoms with E-state index >= 15 is 0 Å². The molecule has 1 aliphatic heterocycles. The van der Waals surface area contributed by atoms with E-state index in [1.54, 1.807) is 7.11 Å².